The number of allylic oxidation sites excluding steroid dienone is 2. The van der Waals surface area contributed by atoms with Crippen molar-refractivity contribution in [1.82, 2.24) is 0 Å². The van der Waals surface area contributed by atoms with Gasteiger partial charge in [-0.1, -0.05) is 39.0 Å². The van der Waals surface area contributed by atoms with Crippen LogP contribution in [0.25, 0.3) is 0 Å². The topological polar surface area (TPSA) is 20.2 Å². The highest BCUT2D eigenvalue weighted by Crippen LogP contribution is 2.32. The van der Waals surface area contributed by atoms with Gasteiger partial charge in [0.25, 0.3) is 0 Å². The molecule has 1 nitrogen and oxygen atoms in total. The minimum Gasteiger partial charge on any atom is -0.513 e. The van der Waals surface area contributed by atoms with Gasteiger partial charge in [-0.25, -0.2) is 0 Å². The Kier molecular flexibility index (Phi) is 5.06. The first-order valence-electron chi connectivity index (χ1n) is 6.06. The van der Waals surface area contributed by atoms with Gasteiger partial charge in [-0.2, -0.15) is 0 Å². The molecule has 1 atom stereocenters. The third kappa shape index (κ3) is 4.17. The average molecular weight is 196 g/mol. The Morgan fingerprint density at radius 1 is 1.36 bits per heavy atom. The van der Waals surface area contributed by atoms with Crippen molar-refractivity contribution in [2.24, 2.45) is 11.8 Å². The van der Waals surface area contributed by atoms with E-state index < -0.39 is 0 Å². The molecule has 0 aliphatic heterocycles. The van der Waals surface area contributed by atoms with Gasteiger partial charge >= 0.3 is 0 Å². The SMILES string of the molecule is C/C(O)=C\CCC(C)C1CCCCC1. The minimum absolute atomic E-state index is 0.473. The van der Waals surface area contributed by atoms with Gasteiger partial charge in [0.2, 0.25) is 0 Å². The first-order valence-corrected chi connectivity index (χ1v) is 6.06. The van der Waals surface area contributed by atoms with Gasteiger partial charge in [-0.05, 0) is 37.7 Å². The quantitative estimate of drug-likeness (QED) is 0.659. The molecule has 14 heavy (non-hydrogen) atoms. The lowest BCUT2D eigenvalue weighted by Gasteiger charge is -2.27. The van der Waals surface area contributed by atoms with Crippen molar-refractivity contribution in [3.8, 4) is 0 Å². The van der Waals surface area contributed by atoms with Gasteiger partial charge in [0.05, 0.1) is 5.76 Å². The Balaban J connectivity index is 2.19. The molecule has 1 aliphatic rings. The predicted octanol–water partition coefficient (Wildman–Crippen LogP) is 4.44. The Morgan fingerprint density at radius 2 is 2.00 bits per heavy atom. The molecule has 1 unspecified atom stereocenters. The zero-order chi connectivity index (χ0) is 10.4. The fraction of sp³-hybridized carbons (Fsp3) is 0.846. The van der Waals surface area contributed by atoms with E-state index in [-0.39, 0.29) is 0 Å². The van der Waals surface area contributed by atoms with E-state index >= 15 is 0 Å². The molecule has 0 amide bonds. The van der Waals surface area contributed by atoms with Gasteiger partial charge in [-0.3, -0.25) is 0 Å². The van der Waals surface area contributed by atoms with E-state index in [1.54, 1.807) is 6.92 Å². The molecular formula is C13H24O. The molecule has 0 radical (unpaired) electrons. The molecule has 1 aliphatic carbocycles. The number of hydrogen-bond acceptors (Lipinski definition) is 1. The number of hydrogen-bond donors (Lipinski definition) is 1. The summed E-state index contributed by atoms with van der Waals surface area (Å²) in [6.45, 7) is 4.13. The van der Waals surface area contributed by atoms with Crippen LogP contribution in [-0.4, -0.2) is 5.11 Å². The molecule has 1 rings (SSSR count). The highest BCUT2D eigenvalue weighted by molar-refractivity contribution is 4.86. The van der Waals surface area contributed by atoms with Gasteiger partial charge < -0.3 is 5.11 Å². The third-order valence-electron chi connectivity index (χ3n) is 3.52. The zero-order valence-electron chi connectivity index (χ0n) is 9.63. The van der Waals surface area contributed by atoms with Crippen LogP contribution in [0.1, 0.15) is 58.8 Å². The number of aliphatic hydroxyl groups excluding tert-OH is 1. The van der Waals surface area contributed by atoms with Crippen molar-refractivity contribution in [2.75, 3.05) is 0 Å². The Morgan fingerprint density at radius 3 is 2.57 bits per heavy atom. The summed E-state index contributed by atoms with van der Waals surface area (Å²) in [4.78, 5) is 0. The fourth-order valence-electron chi connectivity index (χ4n) is 2.49. The summed E-state index contributed by atoms with van der Waals surface area (Å²) in [7, 11) is 0. The van der Waals surface area contributed by atoms with Crippen LogP contribution in [0.5, 0.6) is 0 Å². The summed E-state index contributed by atoms with van der Waals surface area (Å²) < 4.78 is 0. The summed E-state index contributed by atoms with van der Waals surface area (Å²) in [5.41, 5.74) is 0. The van der Waals surface area contributed by atoms with Crippen molar-refractivity contribution < 1.29 is 5.11 Å². The van der Waals surface area contributed by atoms with Crippen molar-refractivity contribution in [2.45, 2.75) is 58.8 Å². The van der Waals surface area contributed by atoms with Crippen LogP contribution < -0.4 is 0 Å². The van der Waals surface area contributed by atoms with E-state index in [2.05, 4.69) is 6.92 Å². The van der Waals surface area contributed by atoms with E-state index in [9.17, 15) is 0 Å². The lowest BCUT2D eigenvalue weighted by atomic mass is 9.79. The molecule has 1 N–H and O–H groups in total. The van der Waals surface area contributed by atoms with Crippen LogP contribution in [0.4, 0.5) is 0 Å². The van der Waals surface area contributed by atoms with Crippen LogP contribution >= 0.6 is 0 Å². The molecule has 0 aromatic rings. The molecule has 0 aromatic heterocycles. The Hall–Kier alpha value is -0.460. The lowest BCUT2D eigenvalue weighted by molar-refractivity contribution is 0.253. The summed E-state index contributed by atoms with van der Waals surface area (Å²) in [5, 5.41) is 9.04. The van der Waals surface area contributed by atoms with Gasteiger partial charge in [0, 0.05) is 0 Å². The maximum Gasteiger partial charge on any atom is 0.0851 e. The van der Waals surface area contributed by atoms with Crippen molar-refractivity contribution in [3.63, 3.8) is 0 Å². The molecule has 82 valence electrons. The molecular weight excluding hydrogens is 172 g/mol. The second kappa shape index (κ2) is 6.10. The maximum atomic E-state index is 9.04. The lowest BCUT2D eigenvalue weighted by Crippen LogP contribution is -2.15. The third-order valence-corrected chi connectivity index (χ3v) is 3.52. The monoisotopic (exact) mass is 196 g/mol. The molecule has 0 saturated heterocycles. The maximum absolute atomic E-state index is 9.04. The van der Waals surface area contributed by atoms with Crippen molar-refractivity contribution in [3.05, 3.63) is 11.8 Å². The Bertz CT molecular complexity index is 174. The standard InChI is InChI=1S/C13H24O/c1-11(7-6-8-12(2)14)13-9-4-3-5-10-13/h8,11,13-14H,3-7,9-10H2,1-2H3/b12-8+. The minimum atomic E-state index is 0.473. The van der Waals surface area contributed by atoms with Crippen LogP contribution in [0.3, 0.4) is 0 Å². The molecule has 0 spiro atoms. The van der Waals surface area contributed by atoms with E-state index in [0.29, 0.717) is 5.76 Å². The number of rotatable bonds is 4. The molecule has 0 aromatic carbocycles. The molecule has 1 saturated carbocycles. The normalized spacial score (nSPS) is 22.3. The molecule has 1 fully saturated rings. The summed E-state index contributed by atoms with van der Waals surface area (Å²) in [6.07, 6.45) is 11.4. The summed E-state index contributed by atoms with van der Waals surface area (Å²) in [5.74, 6) is 2.27. The van der Waals surface area contributed by atoms with E-state index in [4.69, 9.17) is 5.11 Å². The largest absolute Gasteiger partial charge is 0.513 e. The van der Waals surface area contributed by atoms with Gasteiger partial charge in [-0.15, -0.1) is 0 Å². The van der Waals surface area contributed by atoms with Gasteiger partial charge in [0.15, 0.2) is 0 Å². The van der Waals surface area contributed by atoms with Crippen LogP contribution in [0, 0.1) is 11.8 Å². The van der Waals surface area contributed by atoms with E-state index in [1.165, 1.54) is 38.5 Å². The van der Waals surface area contributed by atoms with Crippen LogP contribution in [-0.2, 0) is 0 Å². The van der Waals surface area contributed by atoms with E-state index in [1.807, 2.05) is 6.08 Å². The molecule has 0 heterocycles. The van der Waals surface area contributed by atoms with E-state index in [0.717, 1.165) is 18.3 Å². The number of aliphatic hydroxyl groups is 1. The summed E-state index contributed by atoms with van der Waals surface area (Å²) in [6, 6.07) is 0. The van der Waals surface area contributed by atoms with Crippen molar-refractivity contribution in [1.29, 1.82) is 0 Å². The van der Waals surface area contributed by atoms with Crippen LogP contribution in [0.15, 0.2) is 11.8 Å². The second-order valence-electron chi connectivity index (χ2n) is 4.80. The van der Waals surface area contributed by atoms with Gasteiger partial charge in [0.1, 0.15) is 0 Å². The molecule has 0 bridgehead atoms. The highest BCUT2D eigenvalue weighted by Gasteiger charge is 2.18. The first kappa shape index (κ1) is 11.6. The molecule has 1 heteroatoms. The Labute approximate surface area is 88.2 Å². The predicted molar refractivity (Wildman–Crippen MR) is 61.4 cm³/mol. The second-order valence-corrected chi connectivity index (χ2v) is 4.80. The highest BCUT2D eigenvalue weighted by atomic mass is 16.3. The first-order chi connectivity index (χ1) is 6.70. The van der Waals surface area contributed by atoms with Crippen molar-refractivity contribution >= 4 is 0 Å². The smallest absolute Gasteiger partial charge is 0.0851 e. The zero-order valence-corrected chi connectivity index (χ0v) is 9.63. The summed E-state index contributed by atoms with van der Waals surface area (Å²) >= 11 is 0. The average Bonchev–Trinajstić information content (AvgIpc) is 2.18. The fourth-order valence-corrected chi connectivity index (χ4v) is 2.49. The van der Waals surface area contributed by atoms with Crippen LogP contribution in [0.2, 0.25) is 0 Å².